The first-order valence-electron chi connectivity index (χ1n) is 7.04. The summed E-state index contributed by atoms with van der Waals surface area (Å²) in [7, 11) is -1.31. The second kappa shape index (κ2) is 6.67. The van der Waals surface area contributed by atoms with Gasteiger partial charge in [0.05, 0.1) is 0 Å². The Balaban J connectivity index is 2.12. The average Bonchev–Trinajstić information content (AvgIpc) is 2.46. The lowest BCUT2D eigenvalue weighted by Gasteiger charge is -2.38. The number of piperazine rings is 1. The average molecular weight is 297 g/mol. The van der Waals surface area contributed by atoms with Crippen LogP contribution in [-0.4, -0.2) is 50.8 Å². The Morgan fingerprint density at radius 3 is 2.60 bits per heavy atom. The van der Waals surface area contributed by atoms with Crippen molar-refractivity contribution < 1.29 is 8.42 Å². The Labute approximate surface area is 121 Å². The molecule has 0 aromatic heterocycles. The van der Waals surface area contributed by atoms with Gasteiger partial charge in [-0.2, -0.15) is 12.7 Å². The maximum atomic E-state index is 12.2. The molecule has 0 saturated carbocycles. The molecule has 1 saturated heterocycles. The summed E-state index contributed by atoms with van der Waals surface area (Å²) >= 11 is 0. The molecule has 0 aliphatic carbocycles. The first-order valence-corrected chi connectivity index (χ1v) is 8.48. The lowest BCUT2D eigenvalue weighted by Crippen LogP contribution is -2.52. The van der Waals surface area contributed by atoms with E-state index in [-0.39, 0.29) is 6.04 Å². The molecule has 0 radical (unpaired) electrons. The van der Waals surface area contributed by atoms with E-state index in [9.17, 15) is 8.42 Å². The fraction of sp³-hybridized carbons (Fsp3) is 0.571. The molecule has 1 heterocycles. The zero-order valence-electron chi connectivity index (χ0n) is 12.1. The number of nitrogens with zero attached hydrogens (tertiary/aromatic N) is 2. The quantitative estimate of drug-likeness (QED) is 0.889. The van der Waals surface area contributed by atoms with Gasteiger partial charge in [0.25, 0.3) is 10.2 Å². The van der Waals surface area contributed by atoms with Crippen LogP contribution in [0.3, 0.4) is 0 Å². The number of rotatable bonds is 5. The van der Waals surface area contributed by atoms with Crippen LogP contribution in [-0.2, 0) is 10.2 Å². The van der Waals surface area contributed by atoms with Gasteiger partial charge in [0.2, 0.25) is 0 Å². The summed E-state index contributed by atoms with van der Waals surface area (Å²) in [6, 6.07) is 10.2. The monoisotopic (exact) mass is 297 g/mol. The number of likely N-dealkylation sites (N-methyl/N-ethyl adjacent to an activating group) is 1. The Morgan fingerprint density at radius 1 is 1.25 bits per heavy atom. The zero-order chi connectivity index (χ0) is 14.6. The number of nitrogens with one attached hydrogen (secondary N) is 1. The highest BCUT2D eigenvalue weighted by molar-refractivity contribution is 7.87. The van der Waals surface area contributed by atoms with E-state index in [1.165, 1.54) is 0 Å². The second-order valence-corrected chi connectivity index (χ2v) is 6.92. The minimum atomic E-state index is -3.35. The summed E-state index contributed by atoms with van der Waals surface area (Å²) in [6.45, 7) is 4.23. The highest BCUT2D eigenvalue weighted by Crippen LogP contribution is 2.24. The smallest absolute Gasteiger partial charge is 0.279 e. The molecule has 0 bridgehead atoms. The van der Waals surface area contributed by atoms with Gasteiger partial charge in [0.15, 0.2) is 0 Å². The van der Waals surface area contributed by atoms with Crippen molar-refractivity contribution in [1.29, 1.82) is 0 Å². The van der Waals surface area contributed by atoms with Gasteiger partial charge < -0.3 is 0 Å². The molecule has 20 heavy (non-hydrogen) atoms. The lowest BCUT2D eigenvalue weighted by atomic mass is 10.0. The maximum Gasteiger partial charge on any atom is 0.279 e. The largest absolute Gasteiger partial charge is 0.297 e. The summed E-state index contributed by atoms with van der Waals surface area (Å²) < 4.78 is 28.6. The van der Waals surface area contributed by atoms with Crippen molar-refractivity contribution in [2.45, 2.75) is 19.4 Å². The van der Waals surface area contributed by atoms with Crippen LogP contribution in [0.1, 0.15) is 24.9 Å². The van der Waals surface area contributed by atoms with E-state index in [0.717, 1.165) is 18.5 Å². The Morgan fingerprint density at radius 2 is 1.95 bits per heavy atom. The van der Waals surface area contributed by atoms with Gasteiger partial charge in [0, 0.05) is 32.2 Å². The van der Waals surface area contributed by atoms with Crippen LogP contribution in [0.4, 0.5) is 0 Å². The summed E-state index contributed by atoms with van der Waals surface area (Å²) in [4.78, 5) is 2.21. The van der Waals surface area contributed by atoms with Crippen molar-refractivity contribution in [3.05, 3.63) is 35.9 Å². The third-order valence-corrected chi connectivity index (χ3v) is 5.25. The molecule has 5 nitrogen and oxygen atoms in total. The van der Waals surface area contributed by atoms with Crippen molar-refractivity contribution >= 4 is 10.2 Å². The van der Waals surface area contributed by atoms with Crippen molar-refractivity contribution in [2.75, 3.05) is 33.2 Å². The number of hydrogen-bond donors (Lipinski definition) is 1. The Hall–Kier alpha value is -0.950. The van der Waals surface area contributed by atoms with Crippen LogP contribution in [0.5, 0.6) is 0 Å². The van der Waals surface area contributed by atoms with Gasteiger partial charge in [-0.3, -0.25) is 4.90 Å². The Kier molecular flexibility index (Phi) is 5.15. The molecule has 1 atom stereocenters. The van der Waals surface area contributed by atoms with Crippen LogP contribution in [0.25, 0.3) is 0 Å². The van der Waals surface area contributed by atoms with Crippen LogP contribution < -0.4 is 4.72 Å². The van der Waals surface area contributed by atoms with Gasteiger partial charge in [0.1, 0.15) is 0 Å². The van der Waals surface area contributed by atoms with E-state index in [2.05, 4.69) is 21.8 Å². The van der Waals surface area contributed by atoms with Gasteiger partial charge >= 0.3 is 0 Å². The zero-order valence-corrected chi connectivity index (χ0v) is 12.9. The number of benzene rings is 1. The first-order chi connectivity index (χ1) is 9.54. The minimum absolute atomic E-state index is 0.114. The van der Waals surface area contributed by atoms with E-state index in [1.807, 2.05) is 32.2 Å². The molecule has 1 aromatic carbocycles. The second-order valence-electron chi connectivity index (χ2n) is 5.16. The van der Waals surface area contributed by atoms with E-state index in [0.29, 0.717) is 19.6 Å². The molecule has 1 unspecified atom stereocenters. The van der Waals surface area contributed by atoms with Crippen molar-refractivity contribution in [1.82, 2.24) is 13.9 Å². The van der Waals surface area contributed by atoms with Crippen LogP contribution in [0.2, 0.25) is 0 Å². The van der Waals surface area contributed by atoms with Crippen LogP contribution in [0, 0.1) is 0 Å². The summed E-state index contributed by atoms with van der Waals surface area (Å²) in [5, 5.41) is 0. The highest BCUT2D eigenvalue weighted by atomic mass is 32.2. The molecule has 2 rings (SSSR count). The Bertz CT molecular complexity index is 518. The lowest BCUT2D eigenvalue weighted by molar-refractivity contribution is 0.147. The SMILES string of the molecule is CCCNS(=O)(=O)N1CCN(C)C(c2ccccc2)C1. The molecule has 1 fully saturated rings. The first kappa shape index (κ1) is 15.4. The van der Waals surface area contributed by atoms with Crippen molar-refractivity contribution in [3.8, 4) is 0 Å². The van der Waals surface area contributed by atoms with E-state index >= 15 is 0 Å². The molecular formula is C14H23N3O2S. The predicted octanol–water partition coefficient (Wildman–Crippen LogP) is 1.22. The molecule has 1 aliphatic heterocycles. The molecular weight excluding hydrogens is 274 g/mol. The molecule has 0 amide bonds. The van der Waals surface area contributed by atoms with Crippen LogP contribution >= 0.6 is 0 Å². The topological polar surface area (TPSA) is 52.7 Å². The molecule has 1 N–H and O–H groups in total. The fourth-order valence-corrected chi connectivity index (χ4v) is 3.73. The summed E-state index contributed by atoms with van der Waals surface area (Å²) in [5.74, 6) is 0. The van der Waals surface area contributed by atoms with Gasteiger partial charge in [-0.05, 0) is 19.0 Å². The summed E-state index contributed by atoms with van der Waals surface area (Å²) in [6.07, 6.45) is 0.801. The summed E-state index contributed by atoms with van der Waals surface area (Å²) in [5.41, 5.74) is 1.16. The third kappa shape index (κ3) is 3.58. The molecule has 0 spiro atoms. The fourth-order valence-electron chi connectivity index (χ4n) is 2.42. The molecule has 6 heteroatoms. The van der Waals surface area contributed by atoms with Crippen LogP contribution in [0.15, 0.2) is 30.3 Å². The van der Waals surface area contributed by atoms with Gasteiger partial charge in [-0.15, -0.1) is 0 Å². The van der Waals surface area contributed by atoms with Gasteiger partial charge in [-0.1, -0.05) is 37.3 Å². The van der Waals surface area contributed by atoms with Crippen molar-refractivity contribution in [2.24, 2.45) is 0 Å². The third-order valence-electron chi connectivity index (χ3n) is 3.67. The maximum absolute atomic E-state index is 12.2. The highest BCUT2D eigenvalue weighted by Gasteiger charge is 2.31. The normalized spacial score (nSPS) is 22.0. The molecule has 1 aliphatic rings. The predicted molar refractivity (Wildman–Crippen MR) is 80.6 cm³/mol. The molecule has 112 valence electrons. The minimum Gasteiger partial charge on any atom is -0.297 e. The van der Waals surface area contributed by atoms with Gasteiger partial charge in [-0.25, -0.2) is 4.72 Å². The van der Waals surface area contributed by atoms with E-state index < -0.39 is 10.2 Å². The van der Waals surface area contributed by atoms with E-state index in [1.54, 1.807) is 4.31 Å². The standard InChI is InChI=1S/C14H23N3O2S/c1-3-9-15-20(18,19)17-11-10-16(2)14(12-17)13-7-5-4-6-8-13/h4-8,14-15H,3,9-12H2,1-2H3. The molecule has 1 aromatic rings. The van der Waals surface area contributed by atoms with E-state index in [4.69, 9.17) is 0 Å². The van der Waals surface area contributed by atoms with Crippen molar-refractivity contribution in [3.63, 3.8) is 0 Å². The number of hydrogen-bond acceptors (Lipinski definition) is 3.